The van der Waals surface area contributed by atoms with E-state index in [1.165, 1.54) is 22.3 Å². The molecular formula is C42H40N6. The van der Waals surface area contributed by atoms with Crippen molar-refractivity contribution in [3.05, 3.63) is 179 Å². The molecule has 0 spiro atoms. The lowest BCUT2D eigenvalue weighted by molar-refractivity contribution is 0.878. The number of aromatic nitrogens is 4. The van der Waals surface area contributed by atoms with Crippen LogP contribution in [0.2, 0.25) is 0 Å². The molecule has 7 aromatic rings. The third kappa shape index (κ3) is 7.05. The molecule has 6 heteroatoms. The molecule has 4 N–H and O–H groups in total. The number of hydrogen-bond donors (Lipinski definition) is 2. The molecule has 2 aromatic heterocycles. The van der Waals surface area contributed by atoms with Crippen LogP contribution >= 0.6 is 0 Å². The highest BCUT2D eigenvalue weighted by molar-refractivity contribution is 5.64. The van der Waals surface area contributed by atoms with Gasteiger partial charge in [0.25, 0.3) is 0 Å². The largest absolute Gasteiger partial charge is 0.326 e. The van der Waals surface area contributed by atoms with Crippen LogP contribution in [0.4, 0.5) is 0 Å². The van der Waals surface area contributed by atoms with Crippen LogP contribution < -0.4 is 11.5 Å². The van der Waals surface area contributed by atoms with E-state index < -0.39 is 0 Å². The van der Waals surface area contributed by atoms with Crippen LogP contribution in [0.1, 0.15) is 33.4 Å². The Hall–Kier alpha value is -5.56. The molecule has 238 valence electrons. The van der Waals surface area contributed by atoms with Gasteiger partial charge in [0.1, 0.15) is 0 Å². The van der Waals surface area contributed by atoms with Crippen LogP contribution in [0.3, 0.4) is 0 Å². The SMILES string of the molecule is NCc1ccccc1-c1ccn(-c2ccc(CCc3cccc(CCc4ccc(-n5ccc(-c6ccccc6CN)n5)cc4)c3)cc2)n1. The molecule has 0 bridgehead atoms. The number of hydrogen-bond acceptors (Lipinski definition) is 4. The Bertz CT molecular complexity index is 1960. The average molecular weight is 629 g/mol. The second-order valence-corrected chi connectivity index (χ2v) is 12.2. The summed E-state index contributed by atoms with van der Waals surface area (Å²) in [6, 6.07) is 46.9. The van der Waals surface area contributed by atoms with Gasteiger partial charge in [0.05, 0.1) is 22.8 Å². The second-order valence-electron chi connectivity index (χ2n) is 12.2. The Balaban J connectivity index is 0.929. The van der Waals surface area contributed by atoms with Gasteiger partial charge in [0, 0.05) is 36.6 Å². The van der Waals surface area contributed by atoms with Crippen molar-refractivity contribution in [1.82, 2.24) is 19.6 Å². The van der Waals surface area contributed by atoms with Crippen LogP contribution in [0.15, 0.2) is 146 Å². The highest BCUT2D eigenvalue weighted by Crippen LogP contribution is 2.24. The summed E-state index contributed by atoms with van der Waals surface area (Å²) in [5.74, 6) is 0. The van der Waals surface area contributed by atoms with E-state index in [1.807, 2.05) is 58.2 Å². The van der Waals surface area contributed by atoms with Crippen LogP contribution in [-0.2, 0) is 38.8 Å². The minimum Gasteiger partial charge on any atom is -0.326 e. The van der Waals surface area contributed by atoms with Gasteiger partial charge in [0.15, 0.2) is 0 Å². The molecule has 0 amide bonds. The summed E-state index contributed by atoms with van der Waals surface area (Å²) in [7, 11) is 0. The molecule has 0 saturated carbocycles. The van der Waals surface area contributed by atoms with E-state index in [-0.39, 0.29) is 0 Å². The number of rotatable bonds is 12. The minimum absolute atomic E-state index is 0.496. The molecule has 0 aliphatic rings. The smallest absolute Gasteiger partial charge is 0.0930 e. The van der Waals surface area contributed by atoms with E-state index in [9.17, 15) is 0 Å². The van der Waals surface area contributed by atoms with E-state index in [1.54, 1.807) is 0 Å². The number of benzene rings is 5. The molecule has 0 aliphatic heterocycles. The van der Waals surface area contributed by atoms with Crippen molar-refractivity contribution in [2.75, 3.05) is 0 Å². The summed E-state index contributed by atoms with van der Waals surface area (Å²) >= 11 is 0. The third-order valence-corrected chi connectivity index (χ3v) is 9.00. The lowest BCUT2D eigenvalue weighted by atomic mass is 9.99. The maximum atomic E-state index is 5.94. The number of nitrogens with two attached hydrogens (primary N) is 2. The van der Waals surface area contributed by atoms with Gasteiger partial charge in [-0.25, -0.2) is 9.36 Å². The van der Waals surface area contributed by atoms with Crippen molar-refractivity contribution in [2.45, 2.75) is 38.8 Å². The van der Waals surface area contributed by atoms with Crippen molar-refractivity contribution < 1.29 is 0 Å². The van der Waals surface area contributed by atoms with Crippen LogP contribution in [0.25, 0.3) is 33.9 Å². The van der Waals surface area contributed by atoms with E-state index in [0.717, 1.165) is 70.7 Å². The fourth-order valence-corrected chi connectivity index (χ4v) is 6.27. The van der Waals surface area contributed by atoms with Crippen molar-refractivity contribution in [1.29, 1.82) is 0 Å². The van der Waals surface area contributed by atoms with Crippen LogP contribution in [0, 0.1) is 0 Å². The second kappa shape index (κ2) is 14.5. The molecular weight excluding hydrogens is 589 g/mol. The molecule has 0 aliphatic carbocycles. The zero-order valence-electron chi connectivity index (χ0n) is 27.0. The fourth-order valence-electron chi connectivity index (χ4n) is 6.27. The third-order valence-electron chi connectivity index (χ3n) is 9.00. The Morgan fingerprint density at radius 1 is 0.417 bits per heavy atom. The Morgan fingerprint density at radius 3 is 1.27 bits per heavy atom. The predicted molar refractivity (Wildman–Crippen MR) is 195 cm³/mol. The summed E-state index contributed by atoms with van der Waals surface area (Å²) in [6.45, 7) is 0.992. The Morgan fingerprint density at radius 2 is 0.833 bits per heavy atom. The molecule has 7 rings (SSSR count). The lowest BCUT2D eigenvalue weighted by Crippen LogP contribution is -2.00. The van der Waals surface area contributed by atoms with E-state index in [4.69, 9.17) is 21.7 Å². The van der Waals surface area contributed by atoms with Crippen molar-refractivity contribution >= 4 is 0 Å². The molecule has 48 heavy (non-hydrogen) atoms. The molecule has 6 nitrogen and oxygen atoms in total. The van der Waals surface area contributed by atoms with Crippen LogP contribution in [0.5, 0.6) is 0 Å². The first-order chi connectivity index (χ1) is 23.7. The van der Waals surface area contributed by atoms with Crippen molar-refractivity contribution in [3.63, 3.8) is 0 Å². The van der Waals surface area contributed by atoms with Gasteiger partial charge in [-0.2, -0.15) is 10.2 Å². The van der Waals surface area contributed by atoms with Crippen LogP contribution in [-0.4, -0.2) is 19.6 Å². The predicted octanol–water partition coefficient (Wildman–Crippen LogP) is 7.88. The Kier molecular flexibility index (Phi) is 9.36. The summed E-state index contributed by atoms with van der Waals surface area (Å²) in [6.07, 6.45) is 8.02. The van der Waals surface area contributed by atoms with Gasteiger partial charge in [-0.3, -0.25) is 0 Å². The van der Waals surface area contributed by atoms with Gasteiger partial charge in [-0.05, 0) is 95.5 Å². The van der Waals surface area contributed by atoms with Gasteiger partial charge in [-0.15, -0.1) is 0 Å². The summed E-state index contributed by atoms with van der Waals surface area (Å²) < 4.78 is 3.86. The zero-order chi connectivity index (χ0) is 32.7. The first kappa shape index (κ1) is 31.1. The molecule has 0 fully saturated rings. The molecule has 0 unspecified atom stereocenters. The number of aryl methyl sites for hydroxylation is 4. The van der Waals surface area contributed by atoms with Gasteiger partial charge in [0.2, 0.25) is 0 Å². The molecule has 0 saturated heterocycles. The monoisotopic (exact) mass is 628 g/mol. The zero-order valence-corrected chi connectivity index (χ0v) is 27.0. The molecule has 0 atom stereocenters. The average Bonchev–Trinajstić information content (AvgIpc) is 3.85. The van der Waals surface area contributed by atoms with E-state index >= 15 is 0 Å². The van der Waals surface area contributed by atoms with Crippen molar-refractivity contribution in [3.8, 4) is 33.9 Å². The highest BCUT2D eigenvalue weighted by Gasteiger charge is 2.10. The first-order valence-electron chi connectivity index (χ1n) is 16.6. The van der Waals surface area contributed by atoms with E-state index in [2.05, 4.69) is 97.1 Å². The summed E-state index contributed by atoms with van der Waals surface area (Å²) in [4.78, 5) is 0. The summed E-state index contributed by atoms with van der Waals surface area (Å²) in [5, 5.41) is 9.64. The lowest BCUT2D eigenvalue weighted by Gasteiger charge is -2.08. The van der Waals surface area contributed by atoms with E-state index in [0.29, 0.717) is 13.1 Å². The maximum absolute atomic E-state index is 5.94. The minimum atomic E-state index is 0.496. The quantitative estimate of drug-likeness (QED) is 0.144. The van der Waals surface area contributed by atoms with Gasteiger partial charge < -0.3 is 11.5 Å². The molecule has 0 radical (unpaired) electrons. The van der Waals surface area contributed by atoms with Gasteiger partial charge >= 0.3 is 0 Å². The van der Waals surface area contributed by atoms with Crippen molar-refractivity contribution in [2.24, 2.45) is 11.5 Å². The molecule has 2 heterocycles. The number of nitrogens with zero attached hydrogens (tertiary/aromatic N) is 4. The topological polar surface area (TPSA) is 87.7 Å². The Labute approximate surface area is 282 Å². The summed E-state index contributed by atoms with van der Waals surface area (Å²) in [5.41, 5.74) is 25.6. The van der Waals surface area contributed by atoms with Gasteiger partial charge in [-0.1, -0.05) is 97.1 Å². The standard InChI is InChI=1S/C42H40N6/c43-29-35-8-1-3-10-39(35)41-24-26-47(45-41)37-20-16-31(17-21-37)12-14-33-6-5-7-34(28-33)15-13-32-18-22-38(23-19-32)48-27-25-42(46-48)40-11-4-2-9-36(40)30-44/h1-11,16-28H,12-15,29-30,43-44H2. The highest BCUT2D eigenvalue weighted by atomic mass is 15.3. The maximum Gasteiger partial charge on any atom is 0.0930 e. The molecule has 5 aromatic carbocycles. The first-order valence-corrected chi connectivity index (χ1v) is 16.6. The normalized spacial score (nSPS) is 11.2. The fraction of sp³-hybridized carbons (Fsp3) is 0.143.